The van der Waals surface area contributed by atoms with Crippen molar-refractivity contribution in [1.29, 1.82) is 0 Å². The average Bonchev–Trinajstić information content (AvgIpc) is 3.04. The Morgan fingerprint density at radius 2 is 1.84 bits per heavy atom. The van der Waals surface area contributed by atoms with Crippen LogP contribution in [0.4, 0.5) is 4.39 Å². The molecule has 132 valence electrons. The first-order valence-corrected chi connectivity index (χ1v) is 8.03. The number of aromatic nitrogens is 2. The first kappa shape index (κ1) is 17.1. The maximum absolute atomic E-state index is 13.7. The molecule has 0 radical (unpaired) electrons. The Morgan fingerprint density at radius 3 is 2.52 bits per heavy atom. The normalized spacial score (nSPS) is 15.3. The van der Waals surface area contributed by atoms with Crippen molar-refractivity contribution in [1.82, 2.24) is 19.6 Å². The number of carboxylic acid groups (broad SMARTS) is 1. The molecular weight excluding hydrogens is 327 g/mol. The van der Waals surface area contributed by atoms with E-state index in [1.807, 2.05) is 6.07 Å². The molecule has 0 saturated carbocycles. The summed E-state index contributed by atoms with van der Waals surface area (Å²) in [5, 5.41) is 12.8. The number of benzene rings is 1. The van der Waals surface area contributed by atoms with Gasteiger partial charge < -0.3 is 10.0 Å². The number of nitrogens with zero attached hydrogens (tertiary/aromatic N) is 4. The molecule has 3 rings (SSSR count). The zero-order chi connectivity index (χ0) is 17.8. The van der Waals surface area contributed by atoms with Gasteiger partial charge in [-0.3, -0.25) is 14.5 Å². The van der Waals surface area contributed by atoms with Gasteiger partial charge in [0.1, 0.15) is 18.1 Å². The van der Waals surface area contributed by atoms with E-state index < -0.39 is 5.97 Å². The molecular formula is C17H19FN4O3. The minimum absolute atomic E-state index is 0.224. The lowest BCUT2D eigenvalue weighted by Crippen LogP contribution is -2.48. The maximum atomic E-state index is 13.7. The van der Waals surface area contributed by atoms with Gasteiger partial charge in [-0.1, -0.05) is 18.2 Å². The highest BCUT2D eigenvalue weighted by Crippen LogP contribution is 2.13. The minimum Gasteiger partial charge on any atom is -0.480 e. The number of carbonyl (C=O) groups excluding carboxylic acids is 1. The lowest BCUT2D eigenvalue weighted by Gasteiger charge is -2.34. The van der Waals surface area contributed by atoms with Crippen LogP contribution in [0.3, 0.4) is 0 Å². The van der Waals surface area contributed by atoms with Crippen LogP contribution in [0.1, 0.15) is 16.1 Å². The number of rotatable bonds is 5. The van der Waals surface area contributed by atoms with Crippen molar-refractivity contribution in [2.45, 2.75) is 13.1 Å². The molecule has 2 aromatic rings. The van der Waals surface area contributed by atoms with Crippen molar-refractivity contribution < 1.29 is 19.1 Å². The third kappa shape index (κ3) is 4.03. The molecule has 1 fully saturated rings. The van der Waals surface area contributed by atoms with Crippen LogP contribution in [0.25, 0.3) is 0 Å². The van der Waals surface area contributed by atoms with Crippen molar-refractivity contribution in [3.8, 4) is 0 Å². The Labute approximate surface area is 144 Å². The quantitative estimate of drug-likeness (QED) is 0.876. The van der Waals surface area contributed by atoms with E-state index in [0.29, 0.717) is 38.3 Å². The number of aliphatic carboxylic acids is 1. The standard InChI is InChI=1S/C17H19FN4O3/c18-14-4-2-1-3-13(14)11-20-7-9-21(10-8-20)17(25)15-5-6-19-22(15)12-16(23)24/h1-6H,7-12H2,(H,23,24). The fraction of sp³-hybridized carbons (Fsp3) is 0.353. The summed E-state index contributed by atoms with van der Waals surface area (Å²) in [6.07, 6.45) is 1.42. The summed E-state index contributed by atoms with van der Waals surface area (Å²) in [4.78, 5) is 27.2. The average molecular weight is 346 g/mol. The van der Waals surface area contributed by atoms with Gasteiger partial charge in [0, 0.05) is 44.5 Å². The first-order valence-electron chi connectivity index (χ1n) is 8.03. The third-order valence-corrected chi connectivity index (χ3v) is 4.23. The van der Waals surface area contributed by atoms with Crippen LogP contribution in [0.15, 0.2) is 36.5 Å². The SMILES string of the molecule is O=C(O)Cn1nccc1C(=O)N1CCN(Cc2ccccc2F)CC1. The minimum atomic E-state index is -1.05. The molecule has 0 aliphatic carbocycles. The molecule has 1 aromatic heterocycles. The Hall–Kier alpha value is -2.74. The number of carbonyl (C=O) groups is 2. The second-order valence-electron chi connectivity index (χ2n) is 5.93. The maximum Gasteiger partial charge on any atom is 0.325 e. The van der Waals surface area contributed by atoms with Crippen molar-refractivity contribution in [3.05, 3.63) is 53.6 Å². The lowest BCUT2D eigenvalue weighted by molar-refractivity contribution is -0.137. The molecule has 2 heterocycles. The molecule has 0 bridgehead atoms. The van der Waals surface area contributed by atoms with Gasteiger partial charge in [0.25, 0.3) is 5.91 Å². The highest BCUT2D eigenvalue weighted by Gasteiger charge is 2.25. The van der Waals surface area contributed by atoms with Crippen LogP contribution in [-0.2, 0) is 17.9 Å². The van der Waals surface area contributed by atoms with E-state index in [9.17, 15) is 14.0 Å². The number of amides is 1. The monoisotopic (exact) mass is 346 g/mol. The van der Waals surface area contributed by atoms with Gasteiger partial charge in [-0.05, 0) is 12.1 Å². The van der Waals surface area contributed by atoms with Crippen molar-refractivity contribution in [2.24, 2.45) is 0 Å². The summed E-state index contributed by atoms with van der Waals surface area (Å²) in [5.41, 5.74) is 0.909. The highest BCUT2D eigenvalue weighted by atomic mass is 19.1. The van der Waals surface area contributed by atoms with Crippen LogP contribution in [0, 0.1) is 5.82 Å². The molecule has 25 heavy (non-hydrogen) atoms. The molecule has 0 unspecified atom stereocenters. The van der Waals surface area contributed by atoms with Gasteiger partial charge >= 0.3 is 5.97 Å². The highest BCUT2D eigenvalue weighted by molar-refractivity contribution is 5.93. The van der Waals surface area contributed by atoms with Crippen molar-refractivity contribution in [3.63, 3.8) is 0 Å². The van der Waals surface area contributed by atoms with E-state index in [1.165, 1.54) is 23.0 Å². The fourth-order valence-electron chi connectivity index (χ4n) is 2.91. The van der Waals surface area contributed by atoms with Crippen LogP contribution < -0.4 is 0 Å². The second-order valence-corrected chi connectivity index (χ2v) is 5.93. The van der Waals surface area contributed by atoms with Gasteiger partial charge in [-0.2, -0.15) is 5.10 Å². The Balaban J connectivity index is 1.59. The Morgan fingerprint density at radius 1 is 1.12 bits per heavy atom. The zero-order valence-electron chi connectivity index (χ0n) is 13.6. The van der Waals surface area contributed by atoms with Crippen LogP contribution in [-0.4, -0.2) is 62.7 Å². The molecule has 1 aromatic carbocycles. The summed E-state index contributed by atoms with van der Waals surface area (Å²) in [7, 11) is 0. The summed E-state index contributed by atoms with van der Waals surface area (Å²) in [6.45, 7) is 2.43. The predicted octanol–water partition coefficient (Wildman–Crippen LogP) is 1.06. The molecule has 1 saturated heterocycles. The van der Waals surface area contributed by atoms with Crippen LogP contribution >= 0.6 is 0 Å². The van der Waals surface area contributed by atoms with Gasteiger partial charge in [0.2, 0.25) is 0 Å². The molecule has 1 aliphatic rings. The van der Waals surface area contributed by atoms with Gasteiger partial charge in [-0.25, -0.2) is 9.07 Å². The number of carboxylic acids is 1. The van der Waals surface area contributed by atoms with E-state index in [1.54, 1.807) is 17.0 Å². The number of halogens is 1. The summed E-state index contributed by atoms with van der Waals surface area (Å²) < 4.78 is 14.9. The molecule has 0 atom stereocenters. The van der Waals surface area contributed by atoms with E-state index in [2.05, 4.69) is 10.00 Å². The van der Waals surface area contributed by atoms with E-state index in [-0.39, 0.29) is 24.0 Å². The Kier molecular flexibility index (Phi) is 5.08. The number of hydrogen-bond donors (Lipinski definition) is 1. The molecule has 1 aliphatic heterocycles. The molecule has 1 N–H and O–H groups in total. The molecule has 1 amide bonds. The fourth-order valence-corrected chi connectivity index (χ4v) is 2.91. The van der Waals surface area contributed by atoms with Gasteiger partial charge in [0.15, 0.2) is 0 Å². The number of piperazine rings is 1. The van der Waals surface area contributed by atoms with Gasteiger partial charge in [-0.15, -0.1) is 0 Å². The lowest BCUT2D eigenvalue weighted by atomic mass is 10.2. The number of hydrogen-bond acceptors (Lipinski definition) is 4. The van der Waals surface area contributed by atoms with E-state index in [4.69, 9.17) is 5.11 Å². The third-order valence-electron chi connectivity index (χ3n) is 4.23. The molecule has 7 nitrogen and oxygen atoms in total. The Bertz CT molecular complexity index is 769. The predicted molar refractivity (Wildman–Crippen MR) is 87.4 cm³/mol. The van der Waals surface area contributed by atoms with Crippen LogP contribution in [0.2, 0.25) is 0 Å². The smallest absolute Gasteiger partial charge is 0.325 e. The van der Waals surface area contributed by atoms with E-state index in [0.717, 1.165) is 0 Å². The van der Waals surface area contributed by atoms with Gasteiger partial charge in [0.05, 0.1) is 0 Å². The topological polar surface area (TPSA) is 78.7 Å². The van der Waals surface area contributed by atoms with E-state index >= 15 is 0 Å². The first-order chi connectivity index (χ1) is 12.0. The summed E-state index contributed by atoms with van der Waals surface area (Å²) >= 11 is 0. The summed E-state index contributed by atoms with van der Waals surface area (Å²) in [6, 6.07) is 8.20. The van der Waals surface area contributed by atoms with Crippen LogP contribution in [0.5, 0.6) is 0 Å². The zero-order valence-corrected chi connectivity index (χ0v) is 13.6. The largest absolute Gasteiger partial charge is 0.480 e. The molecule has 0 spiro atoms. The van der Waals surface area contributed by atoms with Crippen molar-refractivity contribution in [2.75, 3.05) is 26.2 Å². The summed E-state index contributed by atoms with van der Waals surface area (Å²) in [5.74, 6) is -1.50. The van der Waals surface area contributed by atoms with Crippen molar-refractivity contribution >= 4 is 11.9 Å². The molecule has 8 heteroatoms. The second kappa shape index (κ2) is 7.43.